The third-order valence-corrected chi connectivity index (χ3v) is 15.1. The van der Waals surface area contributed by atoms with Crippen LogP contribution in [0.1, 0.15) is 361 Å². The van der Waals surface area contributed by atoms with Crippen molar-refractivity contribution in [2.45, 2.75) is 373 Å². The predicted molar refractivity (Wildman–Crippen MR) is 306 cm³/mol. The van der Waals surface area contributed by atoms with Crippen LogP contribution in [0, 0.1) is 0 Å². The van der Waals surface area contributed by atoms with E-state index in [-0.39, 0.29) is 18.5 Å². The maximum atomic E-state index is 12.5. The number of hydrogen-bond donors (Lipinski definition) is 3. The molecule has 1 amide bonds. The summed E-state index contributed by atoms with van der Waals surface area (Å²) in [6, 6.07) is -0.628. The van der Waals surface area contributed by atoms with Crippen LogP contribution in [-0.4, -0.2) is 47.4 Å². The highest BCUT2D eigenvalue weighted by atomic mass is 16.5. The van der Waals surface area contributed by atoms with Crippen LogP contribution in [0.15, 0.2) is 12.2 Å². The van der Waals surface area contributed by atoms with Crippen molar-refractivity contribution < 1.29 is 24.5 Å². The molecule has 0 fully saturated rings. The first kappa shape index (κ1) is 68.6. The van der Waals surface area contributed by atoms with Crippen LogP contribution < -0.4 is 5.32 Å². The molecular weight excluding hydrogens is 863 g/mol. The average molecular weight is 989 g/mol. The molecule has 3 N–H and O–H groups in total. The van der Waals surface area contributed by atoms with Crippen LogP contribution in [0.25, 0.3) is 0 Å². The average Bonchev–Trinajstić information content (AvgIpc) is 3.36. The summed E-state index contributed by atoms with van der Waals surface area (Å²) in [4.78, 5) is 24.5. The molecule has 0 aromatic rings. The molecule has 0 aliphatic carbocycles. The SMILES string of the molecule is CCCCCCCCCCCCCCCCCCCC/C=C/C(O)C(CO)NC(=O)CCCCCCCCCCCCCCCCCCCCCCCCOC(=O)CCCCCCCCCCCCC. The minimum absolute atomic E-state index is 0.0131. The van der Waals surface area contributed by atoms with Gasteiger partial charge >= 0.3 is 5.97 Å². The highest BCUT2D eigenvalue weighted by Crippen LogP contribution is 2.18. The Labute approximate surface area is 438 Å². The lowest BCUT2D eigenvalue weighted by molar-refractivity contribution is -0.143. The summed E-state index contributed by atoms with van der Waals surface area (Å²) in [5.74, 6) is -0.0512. The predicted octanol–water partition coefficient (Wildman–Crippen LogP) is 20.0. The lowest BCUT2D eigenvalue weighted by Crippen LogP contribution is -2.45. The van der Waals surface area contributed by atoms with Gasteiger partial charge in [-0.3, -0.25) is 9.59 Å². The fraction of sp³-hybridized carbons (Fsp3) is 0.938. The molecule has 6 heteroatoms. The van der Waals surface area contributed by atoms with Gasteiger partial charge in [0.1, 0.15) is 0 Å². The summed E-state index contributed by atoms with van der Waals surface area (Å²) in [5.41, 5.74) is 0. The molecule has 0 saturated carbocycles. The molecule has 0 spiro atoms. The van der Waals surface area contributed by atoms with Crippen LogP contribution in [0.2, 0.25) is 0 Å². The van der Waals surface area contributed by atoms with Crippen LogP contribution in [0.3, 0.4) is 0 Å². The highest BCUT2D eigenvalue weighted by molar-refractivity contribution is 5.76. The Morgan fingerprint density at radius 2 is 0.657 bits per heavy atom. The van der Waals surface area contributed by atoms with Crippen molar-refractivity contribution in [2.24, 2.45) is 0 Å². The summed E-state index contributed by atoms with van der Waals surface area (Å²) in [6.07, 6.45) is 72.6. The summed E-state index contributed by atoms with van der Waals surface area (Å²) in [7, 11) is 0. The van der Waals surface area contributed by atoms with Gasteiger partial charge in [-0.15, -0.1) is 0 Å². The second-order valence-electron chi connectivity index (χ2n) is 22.1. The van der Waals surface area contributed by atoms with E-state index < -0.39 is 12.1 Å². The van der Waals surface area contributed by atoms with E-state index in [1.807, 2.05) is 6.08 Å². The molecule has 0 aliphatic heterocycles. The maximum absolute atomic E-state index is 12.5. The Kier molecular flexibility index (Phi) is 59.0. The van der Waals surface area contributed by atoms with Crippen molar-refractivity contribution in [3.63, 3.8) is 0 Å². The number of carbonyl (C=O) groups is 2. The minimum atomic E-state index is -0.844. The Hall–Kier alpha value is -1.40. The standard InChI is InChI=1S/C64H125NO5/c1-3-5-7-9-11-13-15-16-17-18-19-24-27-30-33-37-40-44-48-52-56-62(67)61(60-66)65-63(68)57-53-49-45-41-38-34-31-28-25-22-20-21-23-26-29-32-35-39-43-47-51-55-59-70-64(69)58-54-50-46-42-36-14-12-10-8-6-4-2/h52,56,61-62,66-67H,3-51,53-55,57-60H2,1-2H3,(H,65,68)/b56-52+. The van der Waals surface area contributed by atoms with Gasteiger partial charge in [0.15, 0.2) is 0 Å². The number of esters is 1. The molecule has 6 nitrogen and oxygen atoms in total. The number of unbranched alkanes of at least 4 members (excludes halogenated alkanes) is 49. The number of ether oxygens (including phenoxy) is 1. The van der Waals surface area contributed by atoms with Crippen molar-refractivity contribution in [3.05, 3.63) is 12.2 Å². The molecule has 0 saturated heterocycles. The topological polar surface area (TPSA) is 95.9 Å². The summed E-state index contributed by atoms with van der Waals surface area (Å²) in [5, 5.41) is 23.2. The second kappa shape index (κ2) is 60.2. The van der Waals surface area contributed by atoms with Gasteiger partial charge in [-0.25, -0.2) is 0 Å². The molecule has 2 unspecified atom stereocenters. The van der Waals surface area contributed by atoms with Crippen LogP contribution in [-0.2, 0) is 14.3 Å². The van der Waals surface area contributed by atoms with E-state index in [1.165, 1.54) is 295 Å². The largest absolute Gasteiger partial charge is 0.466 e. The van der Waals surface area contributed by atoms with Crippen molar-refractivity contribution >= 4 is 11.9 Å². The van der Waals surface area contributed by atoms with E-state index in [0.717, 1.165) is 38.5 Å². The summed E-state index contributed by atoms with van der Waals surface area (Å²) in [6.45, 7) is 4.93. The number of aliphatic hydroxyl groups is 2. The molecule has 0 heterocycles. The Bertz CT molecular complexity index is 1050. The third kappa shape index (κ3) is 55.9. The van der Waals surface area contributed by atoms with Gasteiger partial charge in [-0.2, -0.15) is 0 Å². The van der Waals surface area contributed by atoms with E-state index >= 15 is 0 Å². The van der Waals surface area contributed by atoms with E-state index in [4.69, 9.17) is 4.74 Å². The van der Waals surface area contributed by atoms with Crippen molar-refractivity contribution in [2.75, 3.05) is 13.2 Å². The maximum Gasteiger partial charge on any atom is 0.305 e. The first-order valence-electron chi connectivity index (χ1n) is 32.0. The number of hydrogen-bond acceptors (Lipinski definition) is 5. The first-order chi connectivity index (χ1) is 34.5. The molecule has 2 atom stereocenters. The summed E-state index contributed by atoms with van der Waals surface area (Å²) < 4.78 is 5.47. The van der Waals surface area contributed by atoms with Gasteiger partial charge in [0.2, 0.25) is 5.91 Å². The molecule has 0 bridgehead atoms. The zero-order valence-corrected chi connectivity index (χ0v) is 47.5. The lowest BCUT2D eigenvalue weighted by Gasteiger charge is -2.20. The molecule has 0 aromatic carbocycles. The monoisotopic (exact) mass is 988 g/mol. The Balaban J connectivity index is 3.41. The number of amides is 1. The summed E-state index contributed by atoms with van der Waals surface area (Å²) >= 11 is 0. The van der Waals surface area contributed by atoms with Crippen LogP contribution >= 0.6 is 0 Å². The fourth-order valence-corrected chi connectivity index (χ4v) is 10.2. The Morgan fingerprint density at radius 1 is 0.386 bits per heavy atom. The van der Waals surface area contributed by atoms with Gasteiger partial charge in [0.25, 0.3) is 0 Å². The lowest BCUT2D eigenvalue weighted by atomic mass is 10.0. The molecule has 0 radical (unpaired) electrons. The first-order valence-corrected chi connectivity index (χ1v) is 32.0. The zero-order valence-electron chi connectivity index (χ0n) is 47.5. The zero-order chi connectivity index (χ0) is 50.7. The third-order valence-electron chi connectivity index (χ3n) is 15.1. The van der Waals surface area contributed by atoms with Crippen molar-refractivity contribution in [3.8, 4) is 0 Å². The molecule has 0 rings (SSSR count). The Morgan fingerprint density at radius 3 is 0.971 bits per heavy atom. The number of rotatable bonds is 60. The van der Waals surface area contributed by atoms with Crippen molar-refractivity contribution in [1.29, 1.82) is 0 Å². The van der Waals surface area contributed by atoms with Crippen LogP contribution in [0.4, 0.5) is 0 Å². The van der Waals surface area contributed by atoms with Crippen LogP contribution in [0.5, 0.6) is 0 Å². The van der Waals surface area contributed by atoms with Gasteiger partial charge < -0.3 is 20.3 Å². The smallest absolute Gasteiger partial charge is 0.305 e. The number of carbonyl (C=O) groups excluding carboxylic acids is 2. The van der Waals surface area contributed by atoms with Gasteiger partial charge in [0, 0.05) is 12.8 Å². The van der Waals surface area contributed by atoms with Gasteiger partial charge in [0.05, 0.1) is 25.4 Å². The van der Waals surface area contributed by atoms with Gasteiger partial charge in [-0.05, 0) is 32.1 Å². The minimum Gasteiger partial charge on any atom is -0.466 e. The molecule has 0 aliphatic rings. The molecule has 416 valence electrons. The molecule has 70 heavy (non-hydrogen) atoms. The van der Waals surface area contributed by atoms with E-state index in [1.54, 1.807) is 6.08 Å². The fourth-order valence-electron chi connectivity index (χ4n) is 10.2. The number of aliphatic hydroxyl groups excluding tert-OH is 2. The molecule has 0 aromatic heterocycles. The van der Waals surface area contributed by atoms with E-state index in [2.05, 4.69) is 19.2 Å². The normalized spacial score (nSPS) is 12.6. The van der Waals surface area contributed by atoms with E-state index in [9.17, 15) is 19.8 Å². The van der Waals surface area contributed by atoms with E-state index in [0.29, 0.717) is 19.4 Å². The van der Waals surface area contributed by atoms with Crippen molar-refractivity contribution in [1.82, 2.24) is 5.32 Å². The number of nitrogens with one attached hydrogen (secondary N) is 1. The highest BCUT2D eigenvalue weighted by Gasteiger charge is 2.18. The quantitative estimate of drug-likeness (QED) is 0.0321. The van der Waals surface area contributed by atoms with Gasteiger partial charge in [-0.1, -0.05) is 328 Å². The number of allylic oxidation sites excluding steroid dienone is 1. The molecular formula is C64H125NO5. The second-order valence-corrected chi connectivity index (χ2v) is 22.1.